The predicted octanol–water partition coefficient (Wildman–Crippen LogP) is 3.72. The van der Waals surface area contributed by atoms with E-state index in [1.165, 1.54) is 107 Å². The summed E-state index contributed by atoms with van der Waals surface area (Å²) in [6.45, 7) is 8.43. The Hall–Kier alpha value is -11.7. The van der Waals surface area contributed by atoms with Crippen LogP contribution in [0, 0.1) is 34.5 Å². The third-order valence-electron chi connectivity index (χ3n) is 22.0. The van der Waals surface area contributed by atoms with Crippen molar-refractivity contribution in [3.05, 3.63) is 119 Å². The van der Waals surface area contributed by atoms with Gasteiger partial charge < -0.3 is 90.5 Å². The Bertz CT molecular complexity index is 4280. The third-order valence-corrected chi connectivity index (χ3v) is 22.0. The predicted molar refractivity (Wildman–Crippen MR) is 394 cm³/mol. The minimum absolute atomic E-state index is 0.0198. The number of nitrogens with one attached hydrogen (secondary N) is 4. The number of Topliss-reactive ketones (excluding diaryl/α,β-unsaturated/α-hetero) is 3. The van der Waals surface area contributed by atoms with E-state index in [2.05, 4.69) is 21.3 Å². The van der Waals surface area contributed by atoms with E-state index in [0.29, 0.717) is 0 Å². The van der Waals surface area contributed by atoms with Gasteiger partial charge in [-0.25, -0.2) is 24.0 Å². The van der Waals surface area contributed by atoms with Gasteiger partial charge in [0.2, 0.25) is 23.8 Å². The fourth-order valence-electron chi connectivity index (χ4n) is 15.5. The summed E-state index contributed by atoms with van der Waals surface area (Å²) in [5.74, 6) is -28.1. The van der Waals surface area contributed by atoms with Gasteiger partial charge >= 0.3 is 65.7 Å². The zero-order chi connectivity index (χ0) is 86.1. The number of ketones is 3. The molecule has 116 heavy (non-hydrogen) atoms. The van der Waals surface area contributed by atoms with Crippen LogP contribution in [0.4, 0.5) is 0 Å². The molecule has 1 saturated heterocycles. The number of aliphatic hydroxyl groups is 2. The van der Waals surface area contributed by atoms with Crippen molar-refractivity contribution in [2.24, 2.45) is 34.5 Å². The molecule has 2 bridgehead atoms. The van der Waals surface area contributed by atoms with Crippen LogP contribution in [0.25, 0.3) is 0 Å². The molecule has 4 aliphatic rings. The number of benzene rings is 3. The SMILES string of the molecule is CC(=O)O[C@H]1C(=O)[C@@]2(C)[C@H]([C@H](OC(=O)c3ccccc3)[C@]3(O)CC(OC(=O)[C@H](OC(=O)CCC(NC(=O)CCC(CC(=O)C(CCC(=O)NC(CCC(=O)O)C(=O)O)CC(=O)C(C)CCC(=O)NC(CCC(=O)O)C(=O)O)C(=O)O)C(=O)O)[C@@H](NC(=O)c4ccccc4)c4ccccc4)C(C)=C1C3(C)C)[C@]1(OC(C)=O)CO[C@@H]1C[C@@H]2O. The van der Waals surface area contributed by atoms with Crippen molar-refractivity contribution in [1.82, 2.24) is 21.3 Å². The van der Waals surface area contributed by atoms with Gasteiger partial charge in [0.05, 0.1) is 35.5 Å². The first-order valence-corrected chi connectivity index (χ1v) is 37.5. The number of carboxylic acids is 6. The van der Waals surface area contributed by atoms with Crippen LogP contribution < -0.4 is 21.3 Å². The van der Waals surface area contributed by atoms with Crippen LogP contribution in [0.1, 0.15) is 184 Å². The van der Waals surface area contributed by atoms with Crippen LogP contribution in [0.2, 0.25) is 0 Å². The first kappa shape index (κ1) is 91.5. The van der Waals surface area contributed by atoms with E-state index in [9.17, 15) is 107 Å². The minimum atomic E-state index is -2.68. The lowest BCUT2D eigenvalue weighted by molar-refractivity contribution is -0.346. The highest BCUT2D eigenvalue weighted by atomic mass is 16.6. The van der Waals surface area contributed by atoms with Gasteiger partial charge in [-0.3, -0.25) is 62.3 Å². The maximum absolute atomic E-state index is 16.0. The number of carbonyl (C=O) groups is 18. The van der Waals surface area contributed by atoms with E-state index in [1.54, 1.807) is 18.2 Å². The molecular weight excluding hydrogens is 1530 g/mol. The second-order valence-corrected chi connectivity index (χ2v) is 30.2. The topological polar surface area (TPSA) is 573 Å². The zero-order valence-corrected chi connectivity index (χ0v) is 64.6. The van der Waals surface area contributed by atoms with Gasteiger partial charge in [0.15, 0.2) is 17.5 Å². The lowest BCUT2D eigenvalue weighted by Crippen LogP contribution is -2.82. The second kappa shape index (κ2) is 39.6. The van der Waals surface area contributed by atoms with Crippen LogP contribution >= 0.6 is 0 Å². The minimum Gasteiger partial charge on any atom is -0.481 e. The maximum atomic E-state index is 16.0. The Morgan fingerprint density at radius 3 is 1.52 bits per heavy atom. The summed E-state index contributed by atoms with van der Waals surface area (Å²) in [4.78, 5) is 241. The van der Waals surface area contributed by atoms with Gasteiger partial charge in [-0.2, -0.15) is 0 Å². The van der Waals surface area contributed by atoms with E-state index in [4.69, 9.17) is 38.6 Å². The first-order chi connectivity index (χ1) is 54.5. The molecule has 628 valence electrons. The molecule has 0 aromatic heterocycles. The number of hydrogen-bond donors (Lipinski definition) is 12. The van der Waals surface area contributed by atoms with Crippen molar-refractivity contribution in [3.63, 3.8) is 0 Å². The number of hydrogen-bond acceptors (Lipinski definition) is 26. The molecule has 0 radical (unpaired) electrons. The molecule has 1 heterocycles. The Balaban J connectivity index is 1.17. The highest BCUT2D eigenvalue weighted by Crippen LogP contribution is 2.64. The number of carboxylic acid groups (broad SMARTS) is 6. The van der Waals surface area contributed by atoms with E-state index in [0.717, 1.165) is 13.8 Å². The van der Waals surface area contributed by atoms with Crippen LogP contribution in [0.5, 0.6) is 0 Å². The normalized spacial score (nSPS) is 23.7. The molecule has 3 fully saturated rings. The number of carbonyl (C=O) groups excluding carboxylic acids is 12. The smallest absolute Gasteiger partial charge is 0.350 e. The van der Waals surface area contributed by atoms with Crippen LogP contribution in [0.3, 0.4) is 0 Å². The number of amides is 4. The van der Waals surface area contributed by atoms with E-state index in [1.807, 2.05) is 0 Å². The highest BCUT2D eigenvalue weighted by Gasteiger charge is 2.78. The number of fused-ring (bicyclic) bond motifs is 5. The van der Waals surface area contributed by atoms with Crippen LogP contribution in [-0.4, -0.2) is 220 Å². The Kier molecular flexibility index (Phi) is 31.2. The van der Waals surface area contributed by atoms with Gasteiger partial charge in [-0.05, 0) is 93.3 Å². The number of rotatable bonds is 42. The molecule has 7 rings (SSSR count). The van der Waals surface area contributed by atoms with Crippen molar-refractivity contribution in [1.29, 1.82) is 0 Å². The maximum Gasteiger partial charge on any atom is 0.350 e. The number of ether oxygens (including phenoxy) is 6. The fraction of sp³-hybridized carbons (Fsp3) is 0.525. The third kappa shape index (κ3) is 22.2. The summed E-state index contributed by atoms with van der Waals surface area (Å²) < 4.78 is 36.8. The summed E-state index contributed by atoms with van der Waals surface area (Å²) in [5, 5.41) is 93.8. The quantitative estimate of drug-likeness (QED) is 0.0218. The zero-order valence-electron chi connectivity index (χ0n) is 64.6. The van der Waals surface area contributed by atoms with Crippen molar-refractivity contribution < 1.29 is 156 Å². The molecule has 0 spiro atoms. The lowest BCUT2D eigenvalue weighted by atomic mass is 9.44. The monoisotopic (exact) mass is 1620 g/mol. The lowest BCUT2D eigenvalue weighted by Gasteiger charge is -2.67. The average Bonchev–Trinajstić information content (AvgIpc) is 0.668. The fourth-order valence-corrected chi connectivity index (χ4v) is 15.5. The summed E-state index contributed by atoms with van der Waals surface area (Å²) in [7, 11) is 0. The van der Waals surface area contributed by atoms with Crippen molar-refractivity contribution in [2.75, 3.05) is 6.61 Å². The van der Waals surface area contributed by atoms with Gasteiger partial charge in [-0.1, -0.05) is 87.5 Å². The molecule has 36 heteroatoms. The number of esters is 5. The molecule has 12 N–H and O–H groups in total. The Morgan fingerprint density at radius 2 is 1.04 bits per heavy atom. The van der Waals surface area contributed by atoms with E-state index >= 15 is 9.59 Å². The van der Waals surface area contributed by atoms with E-state index < -0.39 is 310 Å². The summed E-state index contributed by atoms with van der Waals surface area (Å²) in [6.07, 6.45) is -21.7. The molecule has 36 nitrogen and oxygen atoms in total. The van der Waals surface area contributed by atoms with Crippen LogP contribution in [-0.2, 0) is 105 Å². The molecule has 2 saturated carbocycles. The van der Waals surface area contributed by atoms with Crippen molar-refractivity contribution in [3.8, 4) is 0 Å². The van der Waals surface area contributed by atoms with Crippen molar-refractivity contribution in [2.45, 2.75) is 223 Å². The molecular formula is C80H96N4O32. The van der Waals surface area contributed by atoms with Crippen LogP contribution in [0.15, 0.2) is 102 Å². The Morgan fingerprint density at radius 1 is 0.560 bits per heavy atom. The molecule has 3 aromatic carbocycles. The summed E-state index contributed by atoms with van der Waals surface area (Å²) in [6, 6.07) is 15.2. The molecule has 7 unspecified atom stereocenters. The van der Waals surface area contributed by atoms with E-state index in [-0.39, 0.29) is 40.7 Å². The van der Waals surface area contributed by atoms with Gasteiger partial charge in [0.25, 0.3) is 5.91 Å². The van der Waals surface area contributed by atoms with Gasteiger partial charge in [-0.15, -0.1) is 0 Å². The van der Waals surface area contributed by atoms with Gasteiger partial charge in [0.1, 0.15) is 59.6 Å². The number of aliphatic carboxylic acids is 6. The molecule has 1 aliphatic heterocycles. The second-order valence-electron chi connectivity index (χ2n) is 30.2. The standard InChI is InChI=1S/C80H96N4O32/c1-40(23-29-57(90)81-49(72(102)103)26-32-60(93)94)52(87)35-47(24-30-58(91)82-50(73(104)105)27-33-61(95)96)53(88)36-48(71(100)101)25-31-59(92)83-51(74(106)107)28-34-62(97)114-66(64(44-17-11-8-12-18-44)84-70(99)45-19-13-9-14-20-45)76(109)113-54-38-80(110)69(115-75(108)46-21-15-10-16-22-46)67-78(7,55(89)37-56-79(67,39-111-56)116-43(4)86)68(98)65(112-42(3)85)63(41(54)2)77(80,5)6/h8-22,40,47-51,54-56,64-67,69,89,110H,23-39H2,1-7H3,(H,81,90)(H,82,91)(H,83,92)(H,84,99)(H,93,94)(H,95,96)(H,100,101)(H,102,103)(H,104,105)(H,106,107)/t40?,47?,48?,49?,50?,51?,54?,55-,56+,64-,65+,66+,67-,69-,78+,79-,80+/m0/s1. The van der Waals surface area contributed by atoms with Crippen molar-refractivity contribution >= 4 is 107 Å². The summed E-state index contributed by atoms with van der Waals surface area (Å²) in [5.41, 5.74) is -9.12. The Labute approximate surface area is 664 Å². The molecule has 4 amide bonds. The molecule has 3 aromatic rings. The highest BCUT2D eigenvalue weighted by molar-refractivity contribution is 5.98. The first-order valence-electron chi connectivity index (χ1n) is 37.5. The average molecular weight is 1630 g/mol. The molecule has 17 atom stereocenters. The largest absolute Gasteiger partial charge is 0.481 e. The number of aliphatic hydroxyl groups excluding tert-OH is 1. The molecule has 3 aliphatic carbocycles. The summed E-state index contributed by atoms with van der Waals surface area (Å²) >= 11 is 0. The van der Waals surface area contributed by atoms with Gasteiger partial charge in [0, 0.05) is 101 Å².